The molecule has 0 bridgehead atoms. The van der Waals surface area contributed by atoms with Gasteiger partial charge in [-0.3, -0.25) is 0 Å². The van der Waals surface area contributed by atoms with Crippen molar-refractivity contribution in [2.75, 3.05) is 45.9 Å². The molecule has 0 aromatic carbocycles. The topological polar surface area (TPSA) is 24.5 Å². The summed E-state index contributed by atoms with van der Waals surface area (Å²) in [5.74, 6) is 0.797. The highest BCUT2D eigenvalue weighted by molar-refractivity contribution is 4.71. The number of hydrogen-bond donors (Lipinski definition) is 1. The summed E-state index contributed by atoms with van der Waals surface area (Å²) < 4.78 is 5.54. The van der Waals surface area contributed by atoms with Gasteiger partial charge >= 0.3 is 0 Å². The van der Waals surface area contributed by atoms with E-state index < -0.39 is 0 Å². The number of hydrogen-bond acceptors (Lipinski definition) is 3. The molecule has 2 rings (SSSR count). The lowest BCUT2D eigenvalue weighted by Crippen LogP contribution is -2.38. The van der Waals surface area contributed by atoms with Crippen LogP contribution in [-0.2, 0) is 4.74 Å². The van der Waals surface area contributed by atoms with Gasteiger partial charge in [-0.25, -0.2) is 0 Å². The van der Waals surface area contributed by atoms with Crippen molar-refractivity contribution >= 4 is 0 Å². The highest BCUT2D eigenvalue weighted by Gasteiger charge is 2.17. The Morgan fingerprint density at radius 1 is 1.13 bits per heavy atom. The average molecular weight is 212 g/mol. The van der Waals surface area contributed by atoms with Crippen molar-refractivity contribution in [2.45, 2.75) is 25.7 Å². The van der Waals surface area contributed by atoms with Crippen LogP contribution in [0, 0.1) is 5.92 Å². The Kier molecular flexibility index (Phi) is 4.90. The van der Waals surface area contributed by atoms with Gasteiger partial charge in [-0.2, -0.15) is 0 Å². The second-order valence-corrected chi connectivity index (χ2v) is 4.84. The second-order valence-electron chi connectivity index (χ2n) is 4.84. The van der Waals surface area contributed by atoms with E-state index in [1.165, 1.54) is 58.4 Å². The zero-order chi connectivity index (χ0) is 10.3. The van der Waals surface area contributed by atoms with Crippen LogP contribution in [0.4, 0.5) is 0 Å². The third-order valence-corrected chi connectivity index (χ3v) is 3.43. The third-order valence-electron chi connectivity index (χ3n) is 3.43. The minimum Gasteiger partial charge on any atom is -0.381 e. The Morgan fingerprint density at radius 2 is 1.93 bits per heavy atom. The van der Waals surface area contributed by atoms with E-state index in [2.05, 4.69) is 10.2 Å². The molecule has 1 N–H and O–H groups in total. The second kappa shape index (κ2) is 6.46. The van der Waals surface area contributed by atoms with Crippen LogP contribution in [-0.4, -0.2) is 50.8 Å². The van der Waals surface area contributed by atoms with Crippen LogP contribution in [0.15, 0.2) is 0 Å². The molecule has 2 aliphatic rings. The van der Waals surface area contributed by atoms with Gasteiger partial charge in [0.1, 0.15) is 0 Å². The fraction of sp³-hybridized carbons (Fsp3) is 1.00. The summed E-state index contributed by atoms with van der Waals surface area (Å²) in [5, 5.41) is 3.46. The molecule has 2 aliphatic heterocycles. The van der Waals surface area contributed by atoms with Crippen molar-refractivity contribution in [3.63, 3.8) is 0 Å². The van der Waals surface area contributed by atoms with E-state index in [4.69, 9.17) is 4.74 Å². The molecule has 2 heterocycles. The maximum absolute atomic E-state index is 5.54. The van der Waals surface area contributed by atoms with Gasteiger partial charge in [0.2, 0.25) is 0 Å². The molecule has 0 spiro atoms. The van der Waals surface area contributed by atoms with Gasteiger partial charge < -0.3 is 15.0 Å². The quantitative estimate of drug-likeness (QED) is 0.742. The fourth-order valence-corrected chi connectivity index (χ4v) is 2.59. The lowest BCUT2D eigenvalue weighted by Gasteiger charge is -2.30. The summed E-state index contributed by atoms with van der Waals surface area (Å²) in [6.45, 7) is 8.16. The van der Waals surface area contributed by atoms with Gasteiger partial charge in [0.15, 0.2) is 0 Å². The molecule has 2 saturated heterocycles. The predicted octanol–water partition coefficient (Wildman–Crippen LogP) is 1.10. The number of rotatable bonds is 2. The van der Waals surface area contributed by atoms with Crippen molar-refractivity contribution in [3.8, 4) is 0 Å². The lowest BCUT2D eigenvalue weighted by molar-refractivity contribution is 0.0376. The van der Waals surface area contributed by atoms with Crippen LogP contribution in [0.3, 0.4) is 0 Å². The maximum atomic E-state index is 5.54. The first kappa shape index (κ1) is 11.4. The Balaban J connectivity index is 1.70. The highest BCUT2D eigenvalue weighted by Crippen LogP contribution is 2.15. The van der Waals surface area contributed by atoms with Crippen LogP contribution in [0.1, 0.15) is 25.7 Å². The monoisotopic (exact) mass is 212 g/mol. The summed E-state index contributed by atoms with van der Waals surface area (Å²) >= 11 is 0. The molecule has 0 radical (unpaired) electrons. The van der Waals surface area contributed by atoms with E-state index in [1.807, 2.05) is 0 Å². The van der Waals surface area contributed by atoms with Crippen molar-refractivity contribution in [1.82, 2.24) is 10.2 Å². The van der Waals surface area contributed by atoms with Crippen molar-refractivity contribution in [2.24, 2.45) is 5.92 Å². The zero-order valence-electron chi connectivity index (χ0n) is 9.71. The summed E-state index contributed by atoms with van der Waals surface area (Å²) in [5.41, 5.74) is 0. The molecule has 1 unspecified atom stereocenters. The molecule has 0 amide bonds. The van der Waals surface area contributed by atoms with E-state index in [1.54, 1.807) is 0 Å². The molecule has 0 aromatic rings. The molecule has 0 aromatic heterocycles. The third kappa shape index (κ3) is 4.09. The van der Waals surface area contributed by atoms with E-state index in [0.717, 1.165) is 19.1 Å². The summed E-state index contributed by atoms with van der Waals surface area (Å²) in [6, 6.07) is 0. The normalized spacial score (nSPS) is 30.8. The predicted molar refractivity (Wildman–Crippen MR) is 62.1 cm³/mol. The summed E-state index contributed by atoms with van der Waals surface area (Å²) in [6.07, 6.45) is 5.23. The first-order chi connectivity index (χ1) is 7.45. The Morgan fingerprint density at radius 3 is 2.60 bits per heavy atom. The molecule has 3 heteroatoms. The summed E-state index contributed by atoms with van der Waals surface area (Å²) in [4.78, 5) is 2.64. The van der Waals surface area contributed by atoms with Gasteiger partial charge in [-0.1, -0.05) is 0 Å². The Hall–Kier alpha value is -0.120. The summed E-state index contributed by atoms with van der Waals surface area (Å²) in [7, 11) is 0. The largest absolute Gasteiger partial charge is 0.381 e. The van der Waals surface area contributed by atoms with Crippen LogP contribution in [0.5, 0.6) is 0 Å². The van der Waals surface area contributed by atoms with Gasteiger partial charge in [0, 0.05) is 13.2 Å². The lowest BCUT2D eigenvalue weighted by atomic mass is 10.0. The standard InChI is InChI=1S/C12H24N2O/c1-4-12(11-15-9-1)10-14-7-2-5-13-6-3-8-14/h12-13H,1-11H2. The molecule has 3 nitrogen and oxygen atoms in total. The molecular weight excluding hydrogens is 188 g/mol. The van der Waals surface area contributed by atoms with Gasteiger partial charge in [-0.15, -0.1) is 0 Å². The van der Waals surface area contributed by atoms with Crippen molar-refractivity contribution < 1.29 is 4.74 Å². The first-order valence-corrected chi connectivity index (χ1v) is 6.46. The van der Waals surface area contributed by atoms with E-state index >= 15 is 0 Å². The van der Waals surface area contributed by atoms with Gasteiger partial charge in [0.25, 0.3) is 0 Å². The Labute approximate surface area is 93.2 Å². The molecule has 0 saturated carbocycles. The van der Waals surface area contributed by atoms with E-state index in [0.29, 0.717) is 0 Å². The SMILES string of the molecule is C1COCC(CN2CCCNCCC2)C1. The molecule has 1 atom stereocenters. The van der Waals surface area contributed by atoms with Crippen LogP contribution in [0.25, 0.3) is 0 Å². The van der Waals surface area contributed by atoms with Gasteiger partial charge in [0.05, 0.1) is 6.61 Å². The molecule has 0 aliphatic carbocycles. The van der Waals surface area contributed by atoms with E-state index in [9.17, 15) is 0 Å². The molecule has 88 valence electrons. The van der Waals surface area contributed by atoms with Crippen LogP contribution in [0.2, 0.25) is 0 Å². The van der Waals surface area contributed by atoms with Crippen LogP contribution < -0.4 is 5.32 Å². The van der Waals surface area contributed by atoms with Crippen molar-refractivity contribution in [3.05, 3.63) is 0 Å². The minimum absolute atomic E-state index is 0.797. The first-order valence-electron chi connectivity index (χ1n) is 6.46. The number of nitrogens with one attached hydrogen (secondary N) is 1. The molecule has 2 fully saturated rings. The minimum atomic E-state index is 0.797. The highest BCUT2D eigenvalue weighted by atomic mass is 16.5. The Bertz CT molecular complexity index is 161. The fourth-order valence-electron chi connectivity index (χ4n) is 2.59. The van der Waals surface area contributed by atoms with Crippen LogP contribution >= 0.6 is 0 Å². The molecular formula is C12H24N2O. The average Bonchev–Trinajstić information content (AvgIpc) is 2.23. The number of ether oxygens (including phenoxy) is 1. The zero-order valence-corrected chi connectivity index (χ0v) is 9.71. The van der Waals surface area contributed by atoms with E-state index in [-0.39, 0.29) is 0 Å². The maximum Gasteiger partial charge on any atom is 0.0506 e. The smallest absolute Gasteiger partial charge is 0.0506 e. The van der Waals surface area contributed by atoms with Gasteiger partial charge in [-0.05, 0) is 57.8 Å². The number of nitrogens with zero attached hydrogens (tertiary/aromatic N) is 1. The van der Waals surface area contributed by atoms with Crippen molar-refractivity contribution in [1.29, 1.82) is 0 Å². The molecule has 15 heavy (non-hydrogen) atoms.